The van der Waals surface area contributed by atoms with Crippen LogP contribution in [0.4, 0.5) is 0 Å². The molecule has 2 rings (SSSR count). The summed E-state index contributed by atoms with van der Waals surface area (Å²) in [4.78, 5) is 1.48. The van der Waals surface area contributed by atoms with Gasteiger partial charge in [0.1, 0.15) is 0 Å². The second kappa shape index (κ2) is 4.76. The lowest BCUT2D eigenvalue weighted by atomic mass is 9.98. The zero-order valence-corrected chi connectivity index (χ0v) is 9.49. The molecule has 0 saturated carbocycles. The van der Waals surface area contributed by atoms with Crippen molar-refractivity contribution in [1.29, 1.82) is 0 Å². The Kier molecular flexibility index (Phi) is 3.38. The molecule has 2 heteroatoms. The minimum Gasteiger partial charge on any atom is -0.316 e. The van der Waals surface area contributed by atoms with E-state index in [0.717, 1.165) is 6.54 Å². The van der Waals surface area contributed by atoms with Gasteiger partial charge in [-0.15, -0.1) is 11.3 Å². The largest absolute Gasteiger partial charge is 0.316 e. The quantitative estimate of drug-likeness (QED) is 0.800. The van der Waals surface area contributed by atoms with Gasteiger partial charge in [-0.3, -0.25) is 0 Å². The van der Waals surface area contributed by atoms with Crippen LogP contribution in [0.15, 0.2) is 17.5 Å². The Morgan fingerprint density at radius 3 is 3.07 bits per heavy atom. The second-order valence-corrected chi connectivity index (χ2v) is 4.74. The summed E-state index contributed by atoms with van der Waals surface area (Å²) in [6.07, 6.45) is 7.70. The predicted molar refractivity (Wildman–Crippen MR) is 63.5 cm³/mol. The molecule has 1 nitrogen and oxygen atoms in total. The van der Waals surface area contributed by atoms with Crippen molar-refractivity contribution in [2.45, 2.75) is 32.2 Å². The molecule has 0 radical (unpaired) electrons. The van der Waals surface area contributed by atoms with E-state index < -0.39 is 0 Å². The van der Waals surface area contributed by atoms with Crippen LogP contribution in [-0.2, 0) is 6.54 Å². The van der Waals surface area contributed by atoms with Crippen LogP contribution in [0.25, 0.3) is 5.57 Å². The molecule has 0 amide bonds. The van der Waals surface area contributed by atoms with Crippen molar-refractivity contribution >= 4 is 16.9 Å². The van der Waals surface area contributed by atoms with E-state index in [1.54, 1.807) is 5.57 Å². The third kappa shape index (κ3) is 2.25. The molecule has 0 aliphatic heterocycles. The number of allylic oxidation sites excluding steroid dienone is 2. The lowest BCUT2D eigenvalue weighted by molar-refractivity contribution is 0.743. The van der Waals surface area contributed by atoms with Crippen molar-refractivity contribution in [2.75, 3.05) is 7.05 Å². The molecule has 1 heterocycles. The van der Waals surface area contributed by atoms with Gasteiger partial charge < -0.3 is 5.32 Å². The molecule has 0 spiro atoms. The van der Waals surface area contributed by atoms with E-state index >= 15 is 0 Å². The van der Waals surface area contributed by atoms with Crippen molar-refractivity contribution in [1.82, 2.24) is 5.32 Å². The molecule has 0 fully saturated rings. The molecule has 0 unspecified atom stereocenters. The van der Waals surface area contributed by atoms with Gasteiger partial charge in [-0.1, -0.05) is 6.08 Å². The predicted octanol–water partition coefficient (Wildman–Crippen LogP) is 3.42. The van der Waals surface area contributed by atoms with Gasteiger partial charge >= 0.3 is 0 Å². The van der Waals surface area contributed by atoms with Crippen molar-refractivity contribution in [3.63, 3.8) is 0 Å². The van der Waals surface area contributed by atoms with E-state index in [-0.39, 0.29) is 0 Å². The van der Waals surface area contributed by atoms with E-state index in [1.165, 1.54) is 36.1 Å². The zero-order valence-electron chi connectivity index (χ0n) is 8.68. The lowest BCUT2D eigenvalue weighted by Gasteiger charge is -2.10. The fourth-order valence-electron chi connectivity index (χ4n) is 1.90. The highest BCUT2D eigenvalue weighted by atomic mass is 32.1. The summed E-state index contributed by atoms with van der Waals surface area (Å²) >= 11 is 1.89. The fourth-order valence-corrected chi connectivity index (χ4v) is 2.89. The van der Waals surface area contributed by atoms with Crippen LogP contribution in [-0.4, -0.2) is 7.05 Å². The van der Waals surface area contributed by atoms with Crippen LogP contribution >= 0.6 is 11.3 Å². The van der Waals surface area contributed by atoms with Gasteiger partial charge in [0.2, 0.25) is 0 Å². The van der Waals surface area contributed by atoms with Gasteiger partial charge in [-0.25, -0.2) is 0 Å². The van der Waals surface area contributed by atoms with E-state index in [0.29, 0.717) is 0 Å². The summed E-state index contributed by atoms with van der Waals surface area (Å²) in [5.74, 6) is 0. The number of hydrogen-bond donors (Lipinski definition) is 1. The smallest absolute Gasteiger partial charge is 0.0302 e. The monoisotopic (exact) mass is 207 g/mol. The normalized spacial score (nSPS) is 16.8. The maximum Gasteiger partial charge on any atom is 0.0302 e. The summed E-state index contributed by atoms with van der Waals surface area (Å²) in [6, 6.07) is 2.33. The first-order valence-corrected chi connectivity index (χ1v) is 6.19. The highest BCUT2D eigenvalue weighted by molar-refractivity contribution is 7.11. The van der Waals surface area contributed by atoms with Crippen LogP contribution < -0.4 is 5.32 Å². The highest BCUT2D eigenvalue weighted by Crippen LogP contribution is 2.30. The number of hydrogen-bond acceptors (Lipinski definition) is 2. The van der Waals surface area contributed by atoms with Crippen LogP contribution in [0.1, 0.15) is 36.1 Å². The van der Waals surface area contributed by atoms with Crippen LogP contribution in [0, 0.1) is 0 Å². The van der Waals surface area contributed by atoms with Crippen LogP contribution in [0.3, 0.4) is 0 Å². The fraction of sp³-hybridized carbons (Fsp3) is 0.500. The first-order chi connectivity index (χ1) is 6.90. The SMILES string of the molecule is CNCc1csc(C2=CCCCC2)c1. The molecule has 1 aliphatic rings. The maximum absolute atomic E-state index is 3.19. The Bertz CT molecular complexity index is 325. The third-order valence-corrected chi connectivity index (χ3v) is 3.70. The first kappa shape index (κ1) is 9.94. The standard InChI is InChI=1S/C12H17NS/c1-13-8-10-7-12(14-9-10)11-5-3-2-4-6-11/h5,7,9,13H,2-4,6,8H2,1H3. The second-order valence-electron chi connectivity index (χ2n) is 3.82. The highest BCUT2D eigenvalue weighted by Gasteiger charge is 2.08. The Morgan fingerprint density at radius 1 is 1.43 bits per heavy atom. The molecule has 0 aromatic carbocycles. The third-order valence-electron chi connectivity index (χ3n) is 2.64. The summed E-state index contributed by atoms with van der Waals surface area (Å²) in [6.45, 7) is 0.990. The summed E-state index contributed by atoms with van der Waals surface area (Å²) in [5.41, 5.74) is 2.99. The topological polar surface area (TPSA) is 12.0 Å². The number of thiophene rings is 1. The van der Waals surface area contributed by atoms with Crippen molar-refractivity contribution in [3.05, 3.63) is 28.0 Å². The van der Waals surface area contributed by atoms with E-state index in [4.69, 9.17) is 0 Å². The van der Waals surface area contributed by atoms with E-state index in [1.807, 2.05) is 18.4 Å². The molecule has 76 valence electrons. The van der Waals surface area contributed by atoms with Gasteiger partial charge in [0.25, 0.3) is 0 Å². The average molecular weight is 207 g/mol. The van der Waals surface area contributed by atoms with Crippen LogP contribution in [0.2, 0.25) is 0 Å². The molecule has 1 aliphatic carbocycles. The molecule has 1 aromatic heterocycles. The minimum atomic E-state index is 0.990. The molecular formula is C12H17NS. The summed E-state index contributed by atoms with van der Waals surface area (Å²) in [7, 11) is 2.00. The number of rotatable bonds is 3. The Balaban J connectivity index is 2.11. The molecule has 1 N–H and O–H groups in total. The minimum absolute atomic E-state index is 0.990. The Morgan fingerprint density at radius 2 is 2.36 bits per heavy atom. The molecule has 0 bridgehead atoms. The van der Waals surface area contributed by atoms with Crippen LogP contribution in [0.5, 0.6) is 0 Å². The molecule has 14 heavy (non-hydrogen) atoms. The lowest BCUT2D eigenvalue weighted by Crippen LogP contribution is -2.03. The van der Waals surface area contributed by atoms with E-state index in [9.17, 15) is 0 Å². The molecule has 1 aromatic rings. The van der Waals surface area contributed by atoms with Gasteiger partial charge in [-0.2, -0.15) is 0 Å². The van der Waals surface area contributed by atoms with Gasteiger partial charge in [0, 0.05) is 11.4 Å². The van der Waals surface area contributed by atoms with Crippen molar-refractivity contribution in [2.24, 2.45) is 0 Å². The molecule has 0 saturated heterocycles. The average Bonchev–Trinajstić information content (AvgIpc) is 2.68. The Labute approximate surface area is 89.8 Å². The number of nitrogens with one attached hydrogen (secondary N) is 1. The van der Waals surface area contributed by atoms with E-state index in [2.05, 4.69) is 22.8 Å². The van der Waals surface area contributed by atoms with Crippen molar-refractivity contribution in [3.8, 4) is 0 Å². The van der Waals surface area contributed by atoms with Gasteiger partial charge in [0.15, 0.2) is 0 Å². The van der Waals surface area contributed by atoms with Crippen molar-refractivity contribution < 1.29 is 0 Å². The maximum atomic E-state index is 3.19. The first-order valence-electron chi connectivity index (χ1n) is 5.31. The molecular weight excluding hydrogens is 190 g/mol. The van der Waals surface area contributed by atoms with Gasteiger partial charge in [-0.05, 0) is 55.3 Å². The zero-order chi connectivity index (χ0) is 9.80. The summed E-state index contributed by atoms with van der Waals surface area (Å²) in [5, 5.41) is 5.45. The molecule has 0 atom stereocenters. The Hall–Kier alpha value is -0.600. The summed E-state index contributed by atoms with van der Waals surface area (Å²) < 4.78 is 0. The van der Waals surface area contributed by atoms with Gasteiger partial charge in [0.05, 0.1) is 0 Å².